The van der Waals surface area contributed by atoms with Crippen LogP contribution in [0.4, 0.5) is 4.79 Å². The number of ether oxygens (including phenoxy) is 1. The van der Waals surface area contributed by atoms with E-state index in [4.69, 9.17) is 14.2 Å². The average molecular weight is 467 g/mol. The van der Waals surface area contributed by atoms with Gasteiger partial charge in [-0.15, -0.1) is 0 Å². The minimum atomic E-state index is -0.420. The fourth-order valence-corrected chi connectivity index (χ4v) is 4.35. The molecule has 0 saturated heterocycles. The number of benzene rings is 3. The molecule has 4 aromatic rings. The molecule has 1 unspecified atom stereocenters. The molecule has 0 fully saturated rings. The van der Waals surface area contributed by atoms with Gasteiger partial charge in [0.25, 0.3) is 5.89 Å². The highest BCUT2D eigenvalue weighted by Gasteiger charge is 2.35. The minimum Gasteiger partial charge on any atom is -0.497 e. The van der Waals surface area contributed by atoms with Crippen LogP contribution in [0.15, 0.2) is 89.1 Å². The van der Waals surface area contributed by atoms with E-state index in [0.29, 0.717) is 24.0 Å². The largest absolute Gasteiger partial charge is 0.497 e. The number of hydrogen-bond acceptors (Lipinski definition) is 5. The van der Waals surface area contributed by atoms with Gasteiger partial charge in [-0.3, -0.25) is 4.90 Å². The summed E-state index contributed by atoms with van der Waals surface area (Å²) in [6, 6.07) is 24.8. The monoisotopic (exact) mass is 466 g/mol. The predicted octanol–water partition coefficient (Wildman–Crippen LogP) is 5.75. The molecule has 1 atom stereocenters. The van der Waals surface area contributed by atoms with E-state index in [9.17, 15) is 4.79 Å². The Labute approximate surface area is 204 Å². The van der Waals surface area contributed by atoms with Gasteiger partial charge in [-0.25, -0.2) is 4.79 Å². The zero-order chi connectivity index (χ0) is 24.4. The molecule has 0 bridgehead atoms. The maximum Gasteiger partial charge on any atom is 0.322 e. The van der Waals surface area contributed by atoms with Crippen LogP contribution in [0.5, 0.6) is 5.75 Å². The lowest BCUT2D eigenvalue weighted by Crippen LogP contribution is -2.45. The maximum absolute atomic E-state index is 13.3. The van der Waals surface area contributed by atoms with Crippen molar-refractivity contribution in [1.82, 2.24) is 20.4 Å². The van der Waals surface area contributed by atoms with E-state index in [1.807, 2.05) is 86.6 Å². The van der Waals surface area contributed by atoms with Crippen molar-refractivity contribution in [3.8, 4) is 17.1 Å². The molecule has 0 aliphatic carbocycles. The minimum absolute atomic E-state index is 0.172. The number of nitrogens with one attached hydrogen (secondary N) is 1. The van der Waals surface area contributed by atoms with Gasteiger partial charge in [0.15, 0.2) is 0 Å². The SMILES string of the molecule is COc1cccc(-c2noc(C3=C(C)N(Cc4cccc(C)c4)C(=O)NC3c3ccccc3)n2)c1. The number of allylic oxidation sites excluding steroid dienone is 1. The van der Waals surface area contributed by atoms with Crippen LogP contribution in [-0.2, 0) is 6.54 Å². The van der Waals surface area contributed by atoms with Gasteiger partial charge in [-0.1, -0.05) is 77.5 Å². The van der Waals surface area contributed by atoms with Crippen molar-refractivity contribution in [2.45, 2.75) is 26.4 Å². The molecule has 1 aromatic heterocycles. The van der Waals surface area contributed by atoms with Crippen molar-refractivity contribution < 1.29 is 14.1 Å². The maximum atomic E-state index is 13.3. The quantitative estimate of drug-likeness (QED) is 0.391. The number of aromatic nitrogens is 2. The summed E-state index contributed by atoms with van der Waals surface area (Å²) in [5.74, 6) is 1.53. The molecule has 1 aliphatic heterocycles. The molecule has 0 radical (unpaired) electrons. The van der Waals surface area contributed by atoms with Gasteiger partial charge in [-0.05, 0) is 37.1 Å². The third kappa shape index (κ3) is 4.53. The molecule has 176 valence electrons. The number of aryl methyl sites for hydroxylation is 1. The fourth-order valence-electron chi connectivity index (χ4n) is 4.35. The van der Waals surface area contributed by atoms with Crippen molar-refractivity contribution in [1.29, 1.82) is 0 Å². The van der Waals surface area contributed by atoms with Crippen molar-refractivity contribution in [2.75, 3.05) is 7.11 Å². The Morgan fingerprint density at radius 1 is 1.00 bits per heavy atom. The van der Waals surface area contributed by atoms with Crippen LogP contribution in [0.2, 0.25) is 0 Å². The van der Waals surface area contributed by atoms with Gasteiger partial charge in [0.1, 0.15) is 5.75 Å². The van der Waals surface area contributed by atoms with Crippen LogP contribution < -0.4 is 10.1 Å². The first kappa shape index (κ1) is 22.4. The Bertz CT molecular complexity index is 1390. The van der Waals surface area contributed by atoms with Gasteiger partial charge in [0, 0.05) is 11.3 Å². The molecule has 1 N–H and O–H groups in total. The van der Waals surface area contributed by atoms with E-state index in [1.54, 1.807) is 12.0 Å². The lowest BCUT2D eigenvalue weighted by atomic mass is 9.94. The molecule has 7 heteroatoms. The first-order valence-corrected chi connectivity index (χ1v) is 11.4. The molecule has 0 saturated carbocycles. The normalized spacial score (nSPS) is 15.8. The van der Waals surface area contributed by atoms with Gasteiger partial charge in [-0.2, -0.15) is 4.98 Å². The number of carbonyl (C=O) groups is 1. The first-order chi connectivity index (χ1) is 17.0. The van der Waals surface area contributed by atoms with Crippen LogP contribution in [0, 0.1) is 6.92 Å². The summed E-state index contributed by atoms with van der Waals surface area (Å²) in [7, 11) is 1.62. The Morgan fingerprint density at radius 3 is 2.57 bits per heavy atom. The highest BCUT2D eigenvalue weighted by Crippen LogP contribution is 2.38. The van der Waals surface area contributed by atoms with Crippen molar-refractivity contribution in [3.63, 3.8) is 0 Å². The van der Waals surface area contributed by atoms with Crippen LogP contribution in [0.1, 0.15) is 35.5 Å². The zero-order valence-electron chi connectivity index (χ0n) is 19.9. The fraction of sp³-hybridized carbons (Fsp3) is 0.179. The van der Waals surface area contributed by atoms with E-state index < -0.39 is 6.04 Å². The number of nitrogens with zero attached hydrogens (tertiary/aromatic N) is 3. The van der Waals surface area contributed by atoms with Gasteiger partial charge >= 0.3 is 6.03 Å². The number of hydrogen-bond donors (Lipinski definition) is 1. The van der Waals surface area contributed by atoms with Crippen LogP contribution >= 0.6 is 0 Å². The van der Waals surface area contributed by atoms with Crippen molar-refractivity contribution >= 4 is 11.6 Å². The summed E-state index contributed by atoms with van der Waals surface area (Å²) in [5, 5.41) is 7.38. The Balaban J connectivity index is 1.59. The molecule has 0 spiro atoms. The topological polar surface area (TPSA) is 80.5 Å². The Morgan fingerprint density at radius 2 is 1.80 bits per heavy atom. The molecular formula is C28H26N4O3. The zero-order valence-corrected chi connectivity index (χ0v) is 19.9. The molecule has 2 heterocycles. The number of amides is 2. The average Bonchev–Trinajstić information content (AvgIpc) is 3.37. The molecule has 7 nitrogen and oxygen atoms in total. The summed E-state index contributed by atoms with van der Waals surface area (Å²) < 4.78 is 11.1. The second-order valence-electron chi connectivity index (χ2n) is 8.52. The molecule has 35 heavy (non-hydrogen) atoms. The second-order valence-corrected chi connectivity index (χ2v) is 8.52. The van der Waals surface area contributed by atoms with Gasteiger partial charge < -0.3 is 14.6 Å². The van der Waals surface area contributed by atoms with E-state index >= 15 is 0 Å². The molecule has 2 amide bonds. The van der Waals surface area contributed by atoms with Crippen LogP contribution in [0.25, 0.3) is 17.0 Å². The third-order valence-corrected chi connectivity index (χ3v) is 6.14. The predicted molar refractivity (Wildman–Crippen MR) is 133 cm³/mol. The summed E-state index contributed by atoms with van der Waals surface area (Å²) in [4.78, 5) is 19.7. The summed E-state index contributed by atoms with van der Waals surface area (Å²) in [6.45, 7) is 4.40. The molecular weight excluding hydrogens is 440 g/mol. The number of rotatable bonds is 6. The highest BCUT2D eigenvalue weighted by atomic mass is 16.5. The summed E-state index contributed by atoms with van der Waals surface area (Å²) in [5.41, 5.74) is 5.44. The summed E-state index contributed by atoms with van der Waals surface area (Å²) >= 11 is 0. The Kier molecular flexibility index (Phi) is 6.06. The second kappa shape index (κ2) is 9.46. The smallest absolute Gasteiger partial charge is 0.322 e. The van der Waals surface area contributed by atoms with Crippen LogP contribution in [-0.4, -0.2) is 28.2 Å². The molecule has 1 aliphatic rings. The van der Waals surface area contributed by atoms with Crippen LogP contribution in [0.3, 0.4) is 0 Å². The van der Waals surface area contributed by atoms with Crippen molar-refractivity contribution in [2.24, 2.45) is 0 Å². The number of carbonyl (C=O) groups excluding carboxylic acids is 1. The van der Waals surface area contributed by atoms with E-state index in [-0.39, 0.29) is 6.03 Å². The molecule has 5 rings (SSSR count). The van der Waals surface area contributed by atoms with E-state index in [1.165, 1.54) is 0 Å². The van der Waals surface area contributed by atoms with Crippen molar-refractivity contribution in [3.05, 3.63) is 107 Å². The van der Waals surface area contributed by atoms with Gasteiger partial charge in [0.2, 0.25) is 5.82 Å². The highest BCUT2D eigenvalue weighted by molar-refractivity contribution is 5.86. The lowest BCUT2D eigenvalue weighted by molar-refractivity contribution is 0.203. The number of methoxy groups -OCH3 is 1. The van der Waals surface area contributed by atoms with E-state index in [0.717, 1.165) is 33.5 Å². The van der Waals surface area contributed by atoms with Gasteiger partial charge in [0.05, 0.1) is 25.3 Å². The Hall–Kier alpha value is -4.39. The molecule has 3 aromatic carbocycles. The standard InChI is InChI=1S/C28H26N4O3/c1-18-9-7-10-20(15-18)17-32-19(2)24(25(29-28(32)33)21-11-5-4-6-12-21)27-30-26(31-35-27)22-13-8-14-23(16-22)34-3/h4-16,25H,17H2,1-3H3,(H,29,33). The number of urea groups is 1. The third-order valence-electron chi connectivity index (χ3n) is 6.14. The lowest BCUT2D eigenvalue weighted by Gasteiger charge is -2.35. The summed E-state index contributed by atoms with van der Waals surface area (Å²) in [6.07, 6.45) is 0. The van der Waals surface area contributed by atoms with E-state index in [2.05, 4.69) is 16.5 Å². The first-order valence-electron chi connectivity index (χ1n) is 11.4.